The van der Waals surface area contributed by atoms with E-state index in [0.29, 0.717) is 6.04 Å². The highest BCUT2D eigenvalue weighted by Gasteiger charge is 2.26. The Balaban J connectivity index is 2.43. The second kappa shape index (κ2) is 6.18. The molecule has 5 heteroatoms. The van der Waals surface area contributed by atoms with Gasteiger partial charge in [0.15, 0.2) is 0 Å². The van der Waals surface area contributed by atoms with E-state index < -0.39 is 0 Å². The standard InChI is InChI=1S/C16H26N4S/c1-7-9-17-15-18-13(12-8-10-21-14(12)19-15)20(6)11(2)16(3,4)5/h8,10-11H,7,9H2,1-6H3,(H,17,18,19). The van der Waals surface area contributed by atoms with Crippen molar-refractivity contribution in [1.82, 2.24) is 9.97 Å². The van der Waals surface area contributed by atoms with Crippen LogP contribution in [-0.2, 0) is 0 Å². The fraction of sp³-hybridized carbons (Fsp3) is 0.625. The van der Waals surface area contributed by atoms with Crippen molar-refractivity contribution < 1.29 is 0 Å². The molecule has 0 spiro atoms. The average Bonchev–Trinajstić information content (AvgIpc) is 2.89. The minimum Gasteiger partial charge on any atom is -0.356 e. The summed E-state index contributed by atoms with van der Waals surface area (Å²) >= 11 is 1.67. The molecule has 0 bridgehead atoms. The average molecular weight is 306 g/mol. The Hall–Kier alpha value is -1.36. The molecule has 0 saturated heterocycles. The van der Waals surface area contributed by atoms with Gasteiger partial charge in [0.25, 0.3) is 0 Å². The number of hydrogen-bond acceptors (Lipinski definition) is 5. The maximum atomic E-state index is 4.76. The van der Waals surface area contributed by atoms with Crippen molar-refractivity contribution >= 4 is 33.3 Å². The zero-order chi connectivity index (χ0) is 15.6. The van der Waals surface area contributed by atoms with E-state index in [1.54, 1.807) is 11.3 Å². The van der Waals surface area contributed by atoms with Crippen molar-refractivity contribution in [2.24, 2.45) is 5.41 Å². The van der Waals surface area contributed by atoms with E-state index in [-0.39, 0.29) is 5.41 Å². The van der Waals surface area contributed by atoms with Crippen LogP contribution in [0.25, 0.3) is 10.2 Å². The molecule has 0 aliphatic carbocycles. The van der Waals surface area contributed by atoms with Gasteiger partial charge in [-0.05, 0) is 30.2 Å². The van der Waals surface area contributed by atoms with E-state index in [1.807, 2.05) is 0 Å². The maximum absolute atomic E-state index is 4.76. The van der Waals surface area contributed by atoms with Crippen LogP contribution < -0.4 is 10.2 Å². The normalized spacial score (nSPS) is 13.4. The second-order valence-corrected chi connectivity index (χ2v) is 7.48. The monoisotopic (exact) mass is 306 g/mol. The van der Waals surface area contributed by atoms with Crippen molar-refractivity contribution in [2.75, 3.05) is 23.8 Å². The molecule has 1 unspecified atom stereocenters. The molecule has 0 saturated carbocycles. The number of aromatic nitrogens is 2. The fourth-order valence-electron chi connectivity index (χ4n) is 2.19. The molecule has 0 radical (unpaired) electrons. The quantitative estimate of drug-likeness (QED) is 0.890. The van der Waals surface area contributed by atoms with Crippen LogP contribution in [-0.4, -0.2) is 29.6 Å². The van der Waals surface area contributed by atoms with Crippen LogP contribution >= 0.6 is 11.3 Å². The lowest BCUT2D eigenvalue weighted by Gasteiger charge is -2.36. The van der Waals surface area contributed by atoms with Gasteiger partial charge in [-0.1, -0.05) is 27.7 Å². The summed E-state index contributed by atoms with van der Waals surface area (Å²) in [6.45, 7) is 12.1. The molecule has 0 amide bonds. The minimum absolute atomic E-state index is 0.194. The predicted octanol–water partition coefficient (Wildman–Crippen LogP) is 4.38. The van der Waals surface area contributed by atoms with Crippen LogP contribution in [0.15, 0.2) is 11.4 Å². The Kier molecular flexibility index (Phi) is 4.71. The lowest BCUT2D eigenvalue weighted by molar-refractivity contribution is 0.329. The van der Waals surface area contributed by atoms with Crippen molar-refractivity contribution in [3.63, 3.8) is 0 Å². The summed E-state index contributed by atoms with van der Waals surface area (Å²) < 4.78 is 0. The van der Waals surface area contributed by atoms with E-state index in [0.717, 1.165) is 34.9 Å². The first-order chi connectivity index (χ1) is 9.84. The lowest BCUT2D eigenvalue weighted by atomic mass is 9.87. The van der Waals surface area contributed by atoms with Gasteiger partial charge in [0, 0.05) is 19.6 Å². The summed E-state index contributed by atoms with van der Waals surface area (Å²) in [6.07, 6.45) is 1.06. The third-order valence-electron chi connectivity index (χ3n) is 4.01. The van der Waals surface area contributed by atoms with Gasteiger partial charge in [-0.25, -0.2) is 4.98 Å². The van der Waals surface area contributed by atoms with Gasteiger partial charge < -0.3 is 10.2 Å². The molecule has 0 aliphatic heterocycles. The highest BCUT2D eigenvalue weighted by Crippen LogP contribution is 2.33. The lowest BCUT2D eigenvalue weighted by Crippen LogP contribution is -2.40. The fourth-order valence-corrected chi connectivity index (χ4v) is 2.95. The molecule has 1 atom stereocenters. The molecule has 0 fully saturated rings. The summed E-state index contributed by atoms with van der Waals surface area (Å²) in [5, 5.41) is 6.53. The summed E-state index contributed by atoms with van der Waals surface area (Å²) in [4.78, 5) is 12.7. The summed E-state index contributed by atoms with van der Waals surface area (Å²) in [5.74, 6) is 1.75. The van der Waals surface area contributed by atoms with Crippen LogP contribution in [0.4, 0.5) is 11.8 Å². The highest BCUT2D eigenvalue weighted by molar-refractivity contribution is 7.16. The summed E-state index contributed by atoms with van der Waals surface area (Å²) in [7, 11) is 2.12. The van der Waals surface area contributed by atoms with Crippen LogP contribution in [0.2, 0.25) is 0 Å². The molecule has 21 heavy (non-hydrogen) atoms. The molecule has 116 valence electrons. The second-order valence-electron chi connectivity index (χ2n) is 6.59. The zero-order valence-electron chi connectivity index (χ0n) is 13.9. The van der Waals surface area contributed by atoms with Gasteiger partial charge >= 0.3 is 0 Å². The predicted molar refractivity (Wildman–Crippen MR) is 93.5 cm³/mol. The molecule has 0 aliphatic rings. The van der Waals surface area contributed by atoms with E-state index in [4.69, 9.17) is 4.98 Å². The number of anilines is 2. The zero-order valence-corrected chi connectivity index (χ0v) is 14.7. The first-order valence-electron chi connectivity index (χ1n) is 7.56. The van der Waals surface area contributed by atoms with Gasteiger partial charge in [0.2, 0.25) is 5.95 Å². The summed E-state index contributed by atoms with van der Waals surface area (Å²) in [6, 6.07) is 2.50. The number of hydrogen-bond donors (Lipinski definition) is 1. The van der Waals surface area contributed by atoms with Crippen LogP contribution in [0.5, 0.6) is 0 Å². The molecule has 2 heterocycles. The van der Waals surface area contributed by atoms with E-state index in [2.05, 4.69) is 68.3 Å². The number of nitrogens with zero attached hydrogens (tertiary/aromatic N) is 3. The Morgan fingerprint density at radius 3 is 2.67 bits per heavy atom. The van der Waals surface area contributed by atoms with Crippen LogP contribution in [0.3, 0.4) is 0 Å². The third kappa shape index (κ3) is 3.46. The summed E-state index contributed by atoms with van der Waals surface area (Å²) in [5.41, 5.74) is 0.194. The number of thiophene rings is 1. The van der Waals surface area contributed by atoms with Gasteiger partial charge in [-0.3, -0.25) is 0 Å². The van der Waals surface area contributed by atoms with E-state index >= 15 is 0 Å². The Morgan fingerprint density at radius 2 is 2.05 bits per heavy atom. The molecule has 0 aromatic carbocycles. The molecular weight excluding hydrogens is 280 g/mol. The minimum atomic E-state index is 0.194. The van der Waals surface area contributed by atoms with E-state index in [9.17, 15) is 0 Å². The Bertz CT molecular complexity index is 600. The van der Waals surface area contributed by atoms with Crippen LogP contribution in [0.1, 0.15) is 41.0 Å². The highest BCUT2D eigenvalue weighted by atomic mass is 32.1. The van der Waals surface area contributed by atoms with Crippen LogP contribution in [0, 0.1) is 5.41 Å². The largest absolute Gasteiger partial charge is 0.356 e. The molecular formula is C16H26N4S. The molecule has 2 aromatic heterocycles. The first kappa shape index (κ1) is 16.0. The Labute approximate surface area is 131 Å². The van der Waals surface area contributed by atoms with Crippen molar-refractivity contribution in [2.45, 2.75) is 47.1 Å². The smallest absolute Gasteiger partial charge is 0.226 e. The van der Waals surface area contributed by atoms with Crippen molar-refractivity contribution in [1.29, 1.82) is 0 Å². The van der Waals surface area contributed by atoms with Crippen molar-refractivity contribution in [3.8, 4) is 0 Å². The van der Waals surface area contributed by atoms with Gasteiger partial charge in [0.05, 0.1) is 5.39 Å². The number of rotatable bonds is 5. The maximum Gasteiger partial charge on any atom is 0.226 e. The Morgan fingerprint density at radius 1 is 1.33 bits per heavy atom. The third-order valence-corrected chi connectivity index (χ3v) is 4.81. The number of nitrogens with one attached hydrogen (secondary N) is 1. The molecule has 2 rings (SSSR count). The number of fused-ring (bicyclic) bond motifs is 1. The first-order valence-corrected chi connectivity index (χ1v) is 8.44. The van der Waals surface area contributed by atoms with Gasteiger partial charge in [-0.2, -0.15) is 4.98 Å². The van der Waals surface area contributed by atoms with E-state index in [1.165, 1.54) is 0 Å². The van der Waals surface area contributed by atoms with Crippen molar-refractivity contribution in [3.05, 3.63) is 11.4 Å². The topological polar surface area (TPSA) is 41.1 Å². The molecule has 2 aromatic rings. The van der Waals surface area contributed by atoms with Gasteiger partial charge in [-0.15, -0.1) is 11.3 Å². The SMILES string of the molecule is CCCNc1nc(N(C)C(C)C(C)(C)C)c2ccsc2n1. The molecule has 1 N–H and O–H groups in total. The molecule has 4 nitrogen and oxygen atoms in total. The van der Waals surface area contributed by atoms with Gasteiger partial charge in [0.1, 0.15) is 10.6 Å².